The molecule has 15 heavy (non-hydrogen) atoms. The molecule has 0 aliphatic carbocycles. The number of thioether (sulfide) groups is 2. The third kappa shape index (κ3) is 3.41. The first-order valence-electron chi connectivity index (χ1n) is 5.29. The molecule has 1 fully saturated rings. The second-order valence-electron chi connectivity index (χ2n) is 3.66. The summed E-state index contributed by atoms with van der Waals surface area (Å²) in [5.41, 5.74) is 0. The van der Waals surface area contributed by atoms with E-state index in [9.17, 15) is 0 Å². The van der Waals surface area contributed by atoms with Gasteiger partial charge >= 0.3 is 0 Å². The minimum atomic E-state index is 0.640. The Morgan fingerprint density at radius 3 is 3.07 bits per heavy atom. The quantitative estimate of drug-likeness (QED) is 0.893. The summed E-state index contributed by atoms with van der Waals surface area (Å²) in [6.45, 7) is 0. The Morgan fingerprint density at radius 1 is 1.53 bits per heavy atom. The topological polar surface area (TPSA) is 12.0 Å². The van der Waals surface area contributed by atoms with Crippen molar-refractivity contribution in [1.82, 2.24) is 5.32 Å². The monoisotopic (exact) mass is 259 g/mol. The maximum absolute atomic E-state index is 3.48. The average Bonchev–Trinajstić information content (AvgIpc) is 2.80. The summed E-state index contributed by atoms with van der Waals surface area (Å²) in [7, 11) is 2.10. The van der Waals surface area contributed by atoms with Crippen molar-refractivity contribution in [2.75, 3.05) is 24.3 Å². The molecule has 1 N–H and O–H groups in total. The Bertz CT molecular complexity index is 267. The smallest absolute Gasteiger partial charge is 0.0295 e. The number of likely N-dealkylation sites (N-methyl/N-ethyl adjacent to an activating group) is 1. The molecule has 0 bridgehead atoms. The summed E-state index contributed by atoms with van der Waals surface area (Å²) in [5.74, 6) is 3.95. The van der Waals surface area contributed by atoms with Gasteiger partial charge in [0.2, 0.25) is 0 Å². The van der Waals surface area contributed by atoms with Crippen molar-refractivity contribution < 1.29 is 0 Å². The Morgan fingerprint density at radius 2 is 2.47 bits per heavy atom. The number of nitrogens with one attached hydrogen (secondary N) is 1. The van der Waals surface area contributed by atoms with E-state index >= 15 is 0 Å². The zero-order valence-electron chi connectivity index (χ0n) is 8.94. The molecule has 0 aromatic carbocycles. The SMILES string of the molecule is CNC(Cc1cccs1)C1CSCCS1. The minimum Gasteiger partial charge on any atom is -0.316 e. The molecular formula is C11H17NS3. The van der Waals surface area contributed by atoms with Gasteiger partial charge < -0.3 is 5.32 Å². The highest BCUT2D eigenvalue weighted by atomic mass is 32.2. The van der Waals surface area contributed by atoms with Crippen molar-refractivity contribution >= 4 is 34.9 Å². The maximum Gasteiger partial charge on any atom is 0.0295 e. The predicted octanol–water partition coefficient (Wildman–Crippen LogP) is 2.73. The Hall–Kier alpha value is 0.360. The zero-order chi connectivity index (χ0) is 10.5. The molecule has 2 atom stereocenters. The van der Waals surface area contributed by atoms with Gasteiger partial charge in [-0.05, 0) is 24.9 Å². The standard InChI is InChI=1S/C11H17NS3/c1-12-10(7-9-3-2-4-14-9)11-8-13-5-6-15-11/h2-4,10-12H,5-8H2,1H3. The molecule has 1 aromatic heterocycles. The number of hydrogen-bond donors (Lipinski definition) is 1. The van der Waals surface area contributed by atoms with Gasteiger partial charge in [-0.2, -0.15) is 23.5 Å². The van der Waals surface area contributed by atoms with E-state index in [0.29, 0.717) is 6.04 Å². The largest absolute Gasteiger partial charge is 0.316 e. The lowest BCUT2D eigenvalue weighted by atomic mass is 10.1. The van der Waals surface area contributed by atoms with Crippen molar-refractivity contribution in [2.24, 2.45) is 0 Å². The first-order chi connectivity index (χ1) is 7.40. The summed E-state index contributed by atoms with van der Waals surface area (Å²) in [6, 6.07) is 5.03. The third-order valence-electron chi connectivity index (χ3n) is 2.66. The van der Waals surface area contributed by atoms with Crippen LogP contribution in [-0.2, 0) is 6.42 Å². The first kappa shape index (κ1) is 11.8. The van der Waals surface area contributed by atoms with Crippen LogP contribution in [-0.4, -0.2) is 35.6 Å². The molecule has 4 heteroatoms. The van der Waals surface area contributed by atoms with Crippen LogP contribution in [0.2, 0.25) is 0 Å². The molecule has 0 saturated carbocycles. The van der Waals surface area contributed by atoms with Gasteiger partial charge in [0.15, 0.2) is 0 Å². The lowest BCUT2D eigenvalue weighted by molar-refractivity contribution is 0.561. The number of thiophene rings is 1. The van der Waals surface area contributed by atoms with Crippen molar-refractivity contribution in [3.63, 3.8) is 0 Å². The van der Waals surface area contributed by atoms with Crippen LogP contribution in [0.25, 0.3) is 0 Å². The van der Waals surface area contributed by atoms with Crippen LogP contribution < -0.4 is 5.32 Å². The third-order valence-corrected chi connectivity index (χ3v) is 6.48. The van der Waals surface area contributed by atoms with Gasteiger partial charge in [-0.15, -0.1) is 11.3 Å². The summed E-state index contributed by atoms with van der Waals surface area (Å²) in [5, 5.41) is 6.44. The van der Waals surface area contributed by atoms with Crippen LogP contribution in [0.15, 0.2) is 17.5 Å². The van der Waals surface area contributed by atoms with E-state index in [0.717, 1.165) is 5.25 Å². The summed E-state index contributed by atoms with van der Waals surface area (Å²) in [6.07, 6.45) is 1.19. The van der Waals surface area contributed by atoms with Gasteiger partial charge in [-0.3, -0.25) is 0 Å². The molecule has 2 heterocycles. The first-order valence-corrected chi connectivity index (χ1v) is 8.37. The molecule has 1 aromatic rings. The highest BCUT2D eigenvalue weighted by molar-refractivity contribution is 8.06. The van der Waals surface area contributed by atoms with Crippen LogP contribution in [0.5, 0.6) is 0 Å². The fourth-order valence-electron chi connectivity index (χ4n) is 1.80. The number of rotatable bonds is 4. The van der Waals surface area contributed by atoms with Gasteiger partial charge in [0.05, 0.1) is 0 Å². The zero-order valence-corrected chi connectivity index (χ0v) is 11.4. The molecule has 0 spiro atoms. The highest BCUT2D eigenvalue weighted by Gasteiger charge is 2.23. The predicted molar refractivity (Wildman–Crippen MR) is 74.4 cm³/mol. The van der Waals surface area contributed by atoms with E-state index in [2.05, 4.69) is 53.4 Å². The van der Waals surface area contributed by atoms with Crippen LogP contribution in [0.1, 0.15) is 4.88 Å². The van der Waals surface area contributed by atoms with Crippen LogP contribution in [0.3, 0.4) is 0 Å². The second-order valence-corrected chi connectivity index (χ2v) is 7.19. The van der Waals surface area contributed by atoms with Gasteiger partial charge in [0, 0.05) is 33.4 Å². The molecule has 1 saturated heterocycles. The lowest BCUT2D eigenvalue weighted by Crippen LogP contribution is -2.40. The normalized spacial score (nSPS) is 23.9. The van der Waals surface area contributed by atoms with Gasteiger partial charge in [-0.25, -0.2) is 0 Å². The molecule has 84 valence electrons. The van der Waals surface area contributed by atoms with E-state index in [-0.39, 0.29) is 0 Å². The fourth-order valence-corrected chi connectivity index (χ4v) is 5.50. The van der Waals surface area contributed by atoms with Gasteiger partial charge in [-0.1, -0.05) is 6.07 Å². The lowest BCUT2D eigenvalue weighted by Gasteiger charge is -2.29. The van der Waals surface area contributed by atoms with Gasteiger partial charge in [0.25, 0.3) is 0 Å². The van der Waals surface area contributed by atoms with E-state index < -0.39 is 0 Å². The van der Waals surface area contributed by atoms with Crippen LogP contribution >= 0.6 is 34.9 Å². The maximum atomic E-state index is 3.48. The van der Waals surface area contributed by atoms with Crippen molar-refractivity contribution in [2.45, 2.75) is 17.7 Å². The van der Waals surface area contributed by atoms with Crippen molar-refractivity contribution in [3.05, 3.63) is 22.4 Å². The van der Waals surface area contributed by atoms with Crippen molar-refractivity contribution in [3.8, 4) is 0 Å². The highest BCUT2D eigenvalue weighted by Crippen LogP contribution is 2.28. The molecule has 1 aliphatic rings. The molecule has 0 radical (unpaired) electrons. The van der Waals surface area contributed by atoms with Crippen LogP contribution in [0.4, 0.5) is 0 Å². The molecule has 2 rings (SSSR count). The molecule has 0 amide bonds. The van der Waals surface area contributed by atoms with E-state index in [4.69, 9.17) is 0 Å². The molecule has 2 unspecified atom stereocenters. The van der Waals surface area contributed by atoms with E-state index in [1.54, 1.807) is 0 Å². The van der Waals surface area contributed by atoms with E-state index in [1.807, 2.05) is 11.3 Å². The van der Waals surface area contributed by atoms with Crippen LogP contribution in [0, 0.1) is 0 Å². The average molecular weight is 259 g/mol. The summed E-state index contributed by atoms with van der Waals surface area (Å²) < 4.78 is 0. The minimum absolute atomic E-state index is 0.640. The van der Waals surface area contributed by atoms with Gasteiger partial charge in [0.1, 0.15) is 0 Å². The Kier molecular flexibility index (Phi) is 4.88. The molecule has 1 aliphatic heterocycles. The summed E-state index contributed by atoms with van der Waals surface area (Å²) >= 11 is 6.12. The molecular weight excluding hydrogens is 242 g/mol. The molecule has 1 nitrogen and oxygen atoms in total. The summed E-state index contributed by atoms with van der Waals surface area (Å²) in [4.78, 5) is 1.51. The Balaban J connectivity index is 1.91. The van der Waals surface area contributed by atoms with Crippen molar-refractivity contribution in [1.29, 1.82) is 0 Å². The second kappa shape index (κ2) is 6.18. The fraction of sp³-hybridized carbons (Fsp3) is 0.636. The van der Waals surface area contributed by atoms with E-state index in [1.165, 1.54) is 28.6 Å². The Labute approximate surface area is 104 Å². The number of hydrogen-bond acceptors (Lipinski definition) is 4.